The van der Waals surface area contributed by atoms with Crippen LogP contribution in [0, 0.1) is 0 Å². The molecule has 1 heterocycles. The van der Waals surface area contributed by atoms with Crippen molar-refractivity contribution in [3.05, 3.63) is 70.7 Å². The highest BCUT2D eigenvalue weighted by Gasteiger charge is 2.45. The van der Waals surface area contributed by atoms with Gasteiger partial charge in [-0.25, -0.2) is 4.79 Å². The van der Waals surface area contributed by atoms with Crippen molar-refractivity contribution >= 4 is 35.4 Å². The molecule has 0 aliphatic carbocycles. The summed E-state index contributed by atoms with van der Waals surface area (Å²) < 4.78 is 5.71. The van der Waals surface area contributed by atoms with Crippen LogP contribution in [0.5, 0.6) is 0 Å². The van der Waals surface area contributed by atoms with E-state index in [-0.39, 0.29) is 17.3 Å². The molecule has 1 aliphatic rings. The Morgan fingerprint density at radius 2 is 1.75 bits per heavy atom. The van der Waals surface area contributed by atoms with Crippen LogP contribution >= 0.6 is 23.4 Å². The van der Waals surface area contributed by atoms with E-state index in [1.54, 1.807) is 28.8 Å². The number of thioether (sulfide) groups is 1. The van der Waals surface area contributed by atoms with E-state index in [1.165, 1.54) is 0 Å². The fraction of sp³-hybridized carbons (Fsp3) is 0.440. The van der Waals surface area contributed by atoms with Gasteiger partial charge in [0.15, 0.2) is 0 Å². The molecule has 2 unspecified atom stereocenters. The lowest BCUT2D eigenvalue weighted by Gasteiger charge is -2.35. The maximum absolute atomic E-state index is 13.7. The number of hydrogen-bond donors (Lipinski definition) is 0. The van der Waals surface area contributed by atoms with Gasteiger partial charge in [-0.2, -0.15) is 0 Å². The number of benzene rings is 2. The Hall–Kier alpha value is -2.18. The first kappa shape index (κ1) is 24.5. The van der Waals surface area contributed by atoms with Crippen molar-refractivity contribution < 1.29 is 14.3 Å². The Morgan fingerprint density at radius 1 is 1.12 bits per heavy atom. The summed E-state index contributed by atoms with van der Waals surface area (Å²) in [5, 5.41) is 0.309. The number of nitrogens with zero attached hydrogens (tertiary/aromatic N) is 2. The van der Waals surface area contributed by atoms with Gasteiger partial charge in [0.1, 0.15) is 17.0 Å². The third kappa shape index (κ3) is 5.99. The number of carbonyl (C=O) groups excluding carboxylic acids is 2. The summed E-state index contributed by atoms with van der Waals surface area (Å²) in [6.07, 6.45) is -0.482. The Labute approximate surface area is 200 Å². The minimum Gasteiger partial charge on any atom is -0.444 e. The van der Waals surface area contributed by atoms with E-state index in [9.17, 15) is 9.59 Å². The van der Waals surface area contributed by atoms with E-state index in [2.05, 4.69) is 0 Å². The first-order valence-electron chi connectivity index (χ1n) is 10.8. The zero-order valence-electron chi connectivity index (χ0n) is 19.2. The molecule has 0 bridgehead atoms. The number of amides is 2. The van der Waals surface area contributed by atoms with E-state index < -0.39 is 17.7 Å². The average Bonchev–Trinajstić information content (AvgIpc) is 3.17. The summed E-state index contributed by atoms with van der Waals surface area (Å²) in [5.74, 6) is 0.433. The minimum absolute atomic E-state index is 0.0113. The molecule has 1 saturated heterocycles. The van der Waals surface area contributed by atoms with Crippen molar-refractivity contribution in [2.24, 2.45) is 0 Å². The van der Waals surface area contributed by atoms with Crippen molar-refractivity contribution in [1.82, 2.24) is 9.80 Å². The van der Waals surface area contributed by atoms with Gasteiger partial charge in [0.05, 0.1) is 0 Å². The summed E-state index contributed by atoms with van der Waals surface area (Å²) in [4.78, 5) is 30.5. The van der Waals surface area contributed by atoms with E-state index in [1.807, 2.05) is 82.0 Å². The Balaban J connectivity index is 1.91. The van der Waals surface area contributed by atoms with Crippen LogP contribution in [0.4, 0.5) is 4.79 Å². The summed E-state index contributed by atoms with van der Waals surface area (Å²) >= 11 is 7.63. The molecule has 2 atom stereocenters. The van der Waals surface area contributed by atoms with E-state index in [0.717, 1.165) is 11.1 Å². The lowest BCUT2D eigenvalue weighted by atomic mass is 10.1. The minimum atomic E-state index is -0.662. The van der Waals surface area contributed by atoms with Crippen LogP contribution in [-0.4, -0.2) is 45.2 Å². The maximum atomic E-state index is 13.7. The van der Waals surface area contributed by atoms with E-state index in [4.69, 9.17) is 16.3 Å². The Bertz CT molecular complexity index is 928. The topological polar surface area (TPSA) is 49.9 Å². The van der Waals surface area contributed by atoms with Crippen LogP contribution in [0.15, 0.2) is 54.6 Å². The second kappa shape index (κ2) is 10.2. The maximum Gasteiger partial charge on any atom is 0.412 e. The number of carbonyl (C=O) groups is 2. The largest absolute Gasteiger partial charge is 0.444 e. The molecular weight excluding hydrogens is 444 g/mol. The highest BCUT2D eigenvalue weighted by Crippen LogP contribution is 2.43. The van der Waals surface area contributed by atoms with Crippen molar-refractivity contribution in [1.29, 1.82) is 0 Å². The van der Waals surface area contributed by atoms with Crippen LogP contribution in [0.25, 0.3) is 0 Å². The SMILES string of the molecule is CC(C)N(Cc1ccccc1)C(=O)C1CSC(c2ccc(Cl)cc2)N1C(=O)OC(C)(C)C. The van der Waals surface area contributed by atoms with Gasteiger partial charge in [-0.3, -0.25) is 9.69 Å². The summed E-state index contributed by atoms with van der Waals surface area (Å²) in [5.41, 5.74) is 1.31. The van der Waals surface area contributed by atoms with Gasteiger partial charge < -0.3 is 9.64 Å². The Kier molecular flexibility index (Phi) is 7.78. The second-order valence-electron chi connectivity index (χ2n) is 9.19. The summed E-state index contributed by atoms with van der Waals surface area (Å²) in [6, 6.07) is 16.7. The molecule has 3 rings (SSSR count). The zero-order chi connectivity index (χ0) is 23.5. The molecule has 0 aromatic heterocycles. The number of ether oxygens (including phenoxy) is 1. The van der Waals surface area contributed by atoms with Crippen molar-refractivity contribution in [2.45, 2.75) is 64.2 Å². The van der Waals surface area contributed by atoms with Gasteiger partial charge in [0, 0.05) is 23.4 Å². The van der Waals surface area contributed by atoms with Gasteiger partial charge in [-0.15, -0.1) is 11.8 Å². The number of hydrogen-bond acceptors (Lipinski definition) is 4. The van der Waals surface area contributed by atoms with Crippen LogP contribution in [0.3, 0.4) is 0 Å². The van der Waals surface area contributed by atoms with Gasteiger partial charge in [0.2, 0.25) is 5.91 Å². The molecular formula is C25H31ClN2O3S. The molecule has 0 spiro atoms. The first-order chi connectivity index (χ1) is 15.1. The van der Waals surface area contributed by atoms with Crippen molar-refractivity contribution in [3.63, 3.8) is 0 Å². The van der Waals surface area contributed by atoms with Crippen LogP contribution in [-0.2, 0) is 16.1 Å². The Morgan fingerprint density at radius 3 is 2.31 bits per heavy atom. The average molecular weight is 475 g/mol. The molecule has 32 heavy (non-hydrogen) atoms. The molecule has 1 fully saturated rings. The predicted molar refractivity (Wildman–Crippen MR) is 131 cm³/mol. The third-order valence-electron chi connectivity index (χ3n) is 5.15. The van der Waals surface area contributed by atoms with Gasteiger partial charge >= 0.3 is 6.09 Å². The fourth-order valence-corrected chi connectivity index (χ4v) is 5.14. The van der Waals surface area contributed by atoms with Crippen LogP contribution in [0.2, 0.25) is 5.02 Å². The molecule has 2 amide bonds. The van der Waals surface area contributed by atoms with Gasteiger partial charge in [-0.1, -0.05) is 54.1 Å². The van der Waals surface area contributed by atoms with E-state index in [0.29, 0.717) is 17.3 Å². The fourth-order valence-electron chi connectivity index (χ4n) is 3.60. The van der Waals surface area contributed by atoms with Crippen molar-refractivity contribution in [2.75, 3.05) is 5.75 Å². The van der Waals surface area contributed by atoms with Gasteiger partial charge in [0.25, 0.3) is 0 Å². The molecule has 1 aliphatic heterocycles. The molecule has 2 aromatic carbocycles. The smallest absolute Gasteiger partial charge is 0.412 e. The predicted octanol–water partition coefficient (Wildman–Crippen LogP) is 6.13. The highest BCUT2D eigenvalue weighted by atomic mass is 35.5. The molecule has 172 valence electrons. The van der Waals surface area contributed by atoms with Crippen LogP contribution in [0.1, 0.15) is 51.1 Å². The molecule has 0 saturated carbocycles. The van der Waals surface area contributed by atoms with Crippen LogP contribution < -0.4 is 0 Å². The molecule has 2 aromatic rings. The van der Waals surface area contributed by atoms with E-state index >= 15 is 0 Å². The quantitative estimate of drug-likeness (QED) is 0.523. The van der Waals surface area contributed by atoms with Crippen molar-refractivity contribution in [3.8, 4) is 0 Å². The highest BCUT2D eigenvalue weighted by molar-refractivity contribution is 7.99. The number of rotatable bonds is 5. The lowest BCUT2D eigenvalue weighted by Crippen LogP contribution is -2.52. The standard InChI is InChI=1S/C25H31ClN2O3S/c1-17(2)27(15-18-9-7-6-8-10-18)22(29)21-16-32-23(19-11-13-20(26)14-12-19)28(21)24(30)31-25(3,4)5/h6-14,17,21,23H,15-16H2,1-5H3. The first-order valence-corrected chi connectivity index (χ1v) is 12.2. The number of halogens is 1. The lowest BCUT2D eigenvalue weighted by molar-refractivity contribution is -0.138. The molecule has 5 nitrogen and oxygen atoms in total. The zero-order valence-corrected chi connectivity index (χ0v) is 20.8. The van der Waals surface area contributed by atoms with Gasteiger partial charge in [-0.05, 0) is 57.9 Å². The summed E-state index contributed by atoms with van der Waals surface area (Å²) in [6.45, 7) is 9.98. The molecule has 7 heteroatoms. The monoisotopic (exact) mass is 474 g/mol. The normalized spacial score (nSPS) is 18.7. The second-order valence-corrected chi connectivity index (χ2v) is 10.7. The molecule has 0 N–H and O–H groups in total. The molecule has 0 radical (unpaired) electrons. The third-order valence-corrected chi connectivity index (χ3v) is 6.72. The summed E-state index contributed by atoms with van der Waals surface area (Å²) in [7, 11) is 0.